The van der Waals surface area contributed by atoms with Crippen LogP contribution in [0.4, 0.5) is 0 Å². The monoisotopic (exact) mass is 402 g/mol. The van der Waals surface area contributed by atoms with E-state index in [4.69, 9.17) is 4.52 Å². The van der Waals surface area contributed by atoms with Crippen molar-refractivity contribution in [2.75, 3.05) is 0 Å². The number of aromatic amines is 1. The third kappa shape index (κ3) is 3.85. The van der Waals surface area contributed by atoms with Crippen LogP contribution in [0.5, 0.6) is 0 Å². The van der Waals surface area contributed by atoms with Gasteiger partial charge < -0.3 is 14.8 Å². The van der Waals surface area contributed by atoms with Crippen LogP contribution in [0.15, 0.2) is 40.9 Å². The van der Waals surface area contributed by atoms with Gasteiger partial charge in [0.15, 0.2) is 0 Å². The number of carbonyl (C=O) groups excluding carboxylic acids is 1. The van der Waals surface area contributed by atoms with Crippen LogP contribution in [0.1, 0.15) is 46.8 Å². The fraction of sp³-hybridized carbons (Fsp3) is 0.292. The molecule has 154 valence electrons. The van der Waals surface area contributed by atoms with Crippen molar-refractivity contribution >= 4 is 16.8 Å². The van der Waals surface area contributed by atoms with Gasteiger partial charge >= 0.3 is 0 Å². The Morgan fingerprint density at radius 1 is 1.13 bits per heavy atom. The summed E-state index contributed by atoms with van der Waals surface area (Å²) in [7, 11) is 0. The second-order valence-electron chi connectivity index (χ2n) is 8.02. The maximum absolute atomic E-state index is 12.8. The molecule has 0 saturated heterocycles. The van der Waals surface area contributed by atoms with Crippen LogP contribution in [-0.2, 0) is 11.2 Å². The summed E-state index contributed by atoms with van der Waals surface area (Å²) in [6, 6.07) is 11.8. The summed E-state index contributed by atoms with van der Waals surface area (Å²) in [5.74, 6) is 0.830. The molecule has 4 rings (SSSR count). The van der Waals surface area contributed by atoms with Crippen molar-refractivity contribution in [3.05, 3.63) is 70.2 Å². The van der Waals surface area contributed by atoms with Gasteiger partial charge in [-0.3, -0.25) is 4.79 Å². The van der Waals surface area contributed by atoms with Gasteiger partial charge in [-0.15, -0.1) is 0 Å². The maximum Gasteiger partial charge on any atom is 0.249 e. The maximum atomic E-state index is 12.8. The fourth-order valence-electron chi connectivity index (χ4n) is 3.89. The largest absolute Gasteiger partial charge is 0.358 e. The van der Waals surface area contributed by atoms with E-state index in [9.17, 15) is 4.79 Å². The highest BCUT2D eigenvalue weighted by molar-refractivity contribution is 5.92. The molecule has 2 N–H and O–H groups in total. The number of hydrogen-bond acceptors (Lipinski definition) is 4. The number of H-pyrrole nitrogens is 1. The molecule has 0 aliphatic heterocycles. The summed E-state index contributed by atoms with van der Waals surface area (Å²) in [6.07, 6.45) is 0.290. The summed E-state index contributed by atoms with van der Waals surface area (Å²) < 4.78 is 5.40. The Morgan fingerprint density at radius 3 is 2.70 bits per heavy atom. The van der Waals surface area contributed by atoms with Gasteiger partial charge in [0.2, 0.25) is 17.6 Å². The molecule has 0 unspecified atom stereocenters. The SMILES string of the molecule is Cc1cccc(-c2noc([C@H](C)NC(=O)Cc3c(C)[nH]c4c(C)cc(C)cc34)n2)c1. The molecule has 1 amide bonds. The predicted octanol–water partition coefficient (Wildman–Crippen LogP) is 4.87. The molecule has 4 aromatic rings. The van der Waals surface area contributed by atoms with Crippen LogP contribution in [0.2, 0.25) is 0 Å². The molecule has 1 atom stereocenters. The summed E-state index contributed by atoms with van der Waals surface area (Å²) in [6.45, 7) is 10.0. The van der Waals surface area contributed by atoms with Crippen molar-refractivity contribution in [1.29, 1.82) is 0 Å². The van der Waals surface area contributed by atoms with Gasteiger partial charge in [0.25, 0.3) is 0 Å². The van der Waals surface area contributed by atoms with Crippen LogP contribution >= 0.6 is 0 Å². The molecule has 0 aliphatic carbocycles. The molecule has 0 saturated carbocycles. The molecule has 30 heavy (non-hydrogen) atoms. The molecule has 6 nitrogen and oxygen atoms in total. The van der Waals surface area contributed by atoms with Crippen LogP contribution < -0.4 is 5.32 Å². The average molecular weight is 402 g/mol. The third-order valence-electron chi connectivity index (χ3n) is 5.37. The molecule has 0 spiro atoms. The second-order valence-corrected chi connectivity index (χ2v) is 8.02. The van der Waals surface area contributed by atoms with Crippen LogP contribution in [0, 0.1) is 27.7 Å². The highest BCUT2D eigenvalue weighted by atomic mass is 16.5. The summed E-state index contributed by atoms with van der Waals surface area (Å²) in [4.78, 5) is 20.6. The summed E-state index contributed by atoms with van der Waals surface area (Å²) >= 11 is 0. The van der Waals surface area contributed by atoms with E-state index in [2.05, 4.69) is 46.4 Å². The number of fused-ring (bicyclic) bond motifs is 1. The molecule has 0 aliphatic rings. The molecule has 6 heteroatoms. The molecule has 0 bridgehead atoms. The first kappa shape index (κ1) is 19.9. The third-order valence-corrected chi connectivity index (χ3v) is 5.37. The van der Waals surface area contributed by atoms with E-state index >= 15 is 0 Å². The molecule has 2 aromatic heterocycles. The van der Waals surface area contributed by atoms with Crippen LogP contribution in [-0.4, -0.2) is 21.0 Å². The molecular formula is C24H26N4O2. The van der Waals surface area contributed by atoms with Crippen LogP contribution in [0.25, 0.3) is 22.3 Å². The lowest BCUT2D eigenvalue weighted by Gasteiger charge is -2.10. The molecular weight excluding hydrogens is 376 g/mol. The van der Waals surface area contributed by atoms with E-state index in [1.807, 2.05) is 45.0 Å². The Kier molecular flexibility index (Phi) is 5.16. The molecule has 0 radical (unpaired) electrons. The summed E-state index contributed by atoms with van der Waals surface area (Å²) in [5.41, 5.74) is 7.51. The van der Waals surface area contributed by atoms with Gasteiger partial charge in [-0.05, 0) is 57.9 Å². The fourth-order valence-corrected chi connectivity index (χ4v) is 3.89. The van der Waals surface area contributed by atoms with Gasteiger partial charge in [-0.1, -0.05) is 40.5 Å². The number of hydrogen-bond donors (Lipinski definition) is 2. The van der Waals surface area contributed by atoms with Crippen molar-refractivity contribution < 1.29 is 9.32 Å². The lowest BCUT2D eigenvalue weighted by atomic mass is 10.0. The zero-order valence-corrected chi connectivity index (χ0v) is 18.0. The number of aryl methyl sites for hydroxylation is 4. The van der Waals surface area contributed by atoms with Gasteiger partial charge in [0, 0.05) is 22.2 Å². The highest BCUT2D eigenvalue weighted by Gasteiger charge is 2.20. The first-order chi connectivity index (χ1) is 14.3. The van der Waals surface area contributed by atoms with Crippen molar-refractivity contribution in [3.63, 3.8) is 0 Å². The Balaban J connectivity index is 1.50. The Hall–Kier alpha value is -3.41. The molecule has 2 aromatic carbocycles. The van der Waals surface area contributed by atoms with Gasteiger partial charge in [-0.25, -0.2) is 0 Å². The topological polar surface area (TPSA) is 83.8 Å². The Bertz CT molecular complexity index is 1240. The first-order valence-electron chi connectivity index (χ1n) is 10.1. The Labute approximate surface area is 175 Å². The standard InChI is InChI=1S/C24H26N4O2/c1-13-7-6-8-18(10-13)23-27-24(30-28-23)17(5)25-21(29)12-19-16(4)26-22-15(3)9-14(2)11-20(19)22/h6-11,17,26H,12H2,1-5H3,(H,25,29)/t17-/m0/s1. The van der Waals surface area contributed by atoms with Crippen molar-refractivity contribution in [2.24, 2.45) is 0 Å². The van der Waals surface area contributed by atoms with Gasteiger partial charge in [-0.2, -0.15) is 4.98 Å². The second kappa shape index (κ2) is 7.78. The lowest BCUT2D eigenvalue weighted by molar-refractivity contribution is -0.121. The van der Waals surface area contributed by atoms with Gasteiger partial charge in [0.05, 0.1) is 6.42 Å². The smallest absolute Gasteiger partial charge is 0.249 e. The number of aromatic nitrogens is 3. The minimum atomic E-state index is -0.377. The zero-order valence-electron chi connectivity index (χ0n) is 18.0. The highest BCUT2D eigenvalue weighted by Crippen LogP contribution is 2.27. The predicted molar refractivity (Wildman–Crippen MR) is 117 cm³/mol. The van der Waals surface area contributed by atoms with E-state index in [1.54, 1.807) is 0 Å². The van der Waals surface area contributed by atoms with Crippen molar-refractivity contribution in [3.8, 4) is 11.4 Å². The quantitative estimate of drug-likeness (QED) is 0.499. The average Bonchev–Trinajstić information content (AvgIpc) is 3.29. The Morgan fingerprint density at radius 2 is 1.93 bits per heavy atom. The minimum Gasteiger partial charge on any atom is -0.358 e. The van der Waals surface area contributed by atoms with E-state index in [1.165, 1.54) is 11.1 Å². The normalized spacial score (nSPS) is 12.3. The van der Waals surface area contributed by atoms with Crippen molar-refractivity contribution in [2.45, 2.75) is 47.1 Å². The van der Waals surface area contributed by atoms with E-state index in [0.717, 1.165) is 33.3 Å². The number of amides is 1. The number of nitrogens with one attached hydrogen (secondary N) is 2. The van der Waals surface area contributed by atoms with E-state index in [0.29, 0.717) is 11.7 Å². The van der Waals surface area contributed by atoms with Crippen molar-refractivity contribution in [1.82, 2.24) is 20.4 Å². The molecule has 0 fully saturated rings. The zero-order chi connectivity index (χ0) is 21.4. The number of rotatable bonds is 5. The minimum absolute atomic E-state index is 0.0824. The number of benzene rings is 2. The first-order valence-corrected chi connectivity index (χ1v) is 10.1. The van der Waals surface area contributed by atoms with E-state index < -0.39 is 0 Å². The van der Waals surface area contributed by atoms with Gasteiger partial charge in [0.1, 0.15) is 6.04 Å². The van der Waals surface area contributed by atoms with Crippen LogP contribution in [0.3, 0.4) is 0 Å². The van der Waals surface area contributed by atoms with E-state index in [-0.39, 0.29) is 18.4 Å². The summed E-state index contributed by atoms with van der Waals surface area (Å²) in [5, 5.41) is 8.15. The lowest BCUT2D eigenvalue weighted by Crippen LogP contribution is -2.28. The number of nitrogens with zero attached hydrogens (tertiary/aromatic N) is 2. The molecule has 2 heterocycles. The number of carbonyl (C=O) groups is 1.